The molecular formula is C17H14N4S2. The molecule has 114 valence electrons. The summed E-state index contributed by atoms with van der Waals surface area (Å²) in [6, 6.07) is 12.4. The van der Waals surface area contributed by atoms with E-state index in [4.69, 9.17) is 4.98 Å². The fourth-order valence-corrected chi connectivity index (χ4v) is 4.00. The third-order valence-electron chi connectivity index (χ3n) is 3.48. The van der Waals surface area contributed by atoms with Gasteiger partial charge in [0.2, 0.25) is 0 Å². The van der Waals surface area contributed by atoms with Crippen molar-refractivity contribution in [1.29, 1.82) is 0 Å². The molecule has 0 unspecified atom stereocenters. The number of thiophene rings is 1. The highest BCUT2D eigenvalue weighted by Gasteiger charge is 2.08. The van der Waals surface area contributed by atoms with E-state index in [0.717, 1.165) is 32.3 Å². The number of aromatic nitrogens is 3. The van der Waals surface area contributed by atoms with E-state index in [2.05, 4.69) is 45.8 Å². The van der Waals surface area contributed by atoms with Crippen molar-refractivity contribution in [2.24, 2.45) is 0 Å². The molecule has 23 heavy (non-hydrogen) atoms. The van der Waals surface area contributed by atoms with Crippen molar-refractivity contribution in [2.45, 2.75) is 13.5 Å². The van der Waals surface area contributed by atoms with Crippen LogP contribution in [0.25, 0.3) is 21.5 Å². The van der Waals surface area contributed by atoms with Crippen molar-refractivity contribution in [1.82, 2.24) is 15.0 Å². The fourth-order valence-electron chi connectivity index (χ4n) is 2.41. The van der Waals surface area contributed by atoms with E-state index in [1.807, 2.05) is 18.2 Å². The molecule has 0 fully saturated rings. The first-order chi connectivity index (χ1) is 11.3. The molecule has 3 heterocycles. The van der Waals surface area contributed by atoms with Gasteiger partial charge in [0.15, 0.2) is 0 Å². The van der Waals surface area contributed by atoms with Crippen molar-refractivity contribution in [3.63, 3.8) is 0 Å². The monoisotopic (exact) mass is 338 g/mol. The largest absolute Gasteiger partial charge is 0.363 e. The van der Waals surface area contributed by atoms with E-state index in [9.17, 15) is 0 Å². The lowest BCUT2D eigenvalue weighted by Gasteiger charge is -2.03. The highest BCUT2D eigenvalue weighted by molar-refractivity contribution is 7.18. The van der Waals surface area contributed by atoms with Crippen LogP contribution in [-0.2, 0) is 6.54 Å². The van der Waals surface area contributed by atoms with Crippen LogP contribution >= 0.6 is 22.7 Å². The first kappa shape index (κ1) is 14.3. The molecule has 6 heteroatoms. The molecule has 0 saturated heterocycles. The average Bonchev–Trinajstić information content (AvgIpc) is 3.19. The van der Waals surface area contributed by atoms with Crippen LogP contribution in [0.5, 0.6) is 0 Å². The Balaban J connectivity index is 1.54. The molecule has 0 bridgehead atoms. The predicted octanol–water partition coefficient (Wildman–Crippen LogP) is 4.74. The van der Waals surface area contributed by atoms with Crippen molar-refractivity contribution in [2.75, 3.05) is 5.32 Å². The quantitative estimate of drug-likeness (QED) is 0.584. The third kappa shape index (κ3) is 2.95. The number of hydrogen-bond donors (Lipinski definition) is 1. The topological polar surface area (TPSA) is 50.7 Å². The molecule has 0 spiro atoms. The Labute approximate surface area is 141 Å². The lowest BCUT2D eigenvalue weighted by atomic mass is 10.2. The molecule has 1 aromatic carbocycles. The van der Waals surface area contributed by atoms with E-state index in [-0.39, 0.29) is 0 Å². The van der Waals surface area contributed by atoms with Crippen LogP contribution in [0.15, 0.2) is 48.1 Å². The molecule has 0 aliphatic heterocycles. The second kappa shape index (κ2) is 6.06. The minimum atomic E-state index is 0.665. The van der Waals surface area contributed by atoms with Crippen LogP contribution in [-0.4, -0.2) is 15.0 Å². The van der Waals surface area contributed by atoms with E-state index in [1.54, 1.807) is 29.0 Å². The van der Waals surface area contributed by atoms with Gasteiger partial charge in [-0.15, -0.1) is 22.7 Å². The zero-order valence-electron chi connectivity index (χ0n) is 12.5. The predicted molar refractivity (Wildman–Crippen MR) is 97.0 cm³/mol. The normalized spacial score (nSPS) is 11.0. The highest BCUT2D eigenvalue weighted by atomic mass is 32.1. The Hall–Kier alpha value is -2.31. The molecule has 0 aliphatic rings. The standard InChI is InChI=1S/C17H14N4S2/c1-11-7-13-16(19-10-20-17(13)23-11)18-8-15-21-14(9-22-15)12-5-3-2-4-6-12/h2-7,9-10H,8H2,1H3,(H,18,19,20). The van der Waals surface area contributed by atoms with Gasteiger partial charge in [0.25, 0.3) is 0 Å². The lowest BCUT2D eigenvalue weighted by molar-refractivity contribution is 1.08. The number of nitrogens with one attached hydrogen (secondary N) is 1. The zero-order valence-corrected chi connectivity index (χ0v) is 14.1. The van der Waals surface area contributed by atoms with Gasteiger partial charge in [-0.1, -0.05) is 30.3 Å². The molecule has 0 radical (unpaired) electrons. The molecule has 0 saturated carbocycles. The van der Waals surface area contributed by atoms with Gasteiger partial charge in [0.1, 0.15) is 22.0 Å². The highest BCUT2D eigenvalue weighted by Crippen LogP contribution is 2.28. The SMILES string of the molecule is Cc1cc2c(NCc3nc(-c4ccccc4)cs3)ncnc2s1. The fraction of sp³-hybridized carbons (Fsp3) is 0.118. The number of benzene rings is 1. The number of nitrogens with zero attached hydrogens (tertiary/aromatic N) is 3. The van der Waals surface area contributed by atoms with Crippen LogP contribution in [0.1, 0.15) is 9.88 Å². The molecule has 4 nitrogen and oxygen atoms in total. The van der Waals surface area contributed by atoms with Gasteiger partial charge < -0.3 is 5.32 Å². The Morgan fingerprint density at radius 2 is 2.00 bits per heavy atom. The summed E-state index contributed by atoms with van der Waals surface area (Å²) in [5.74, 6) is 0.871. The van der Waals surface area contributed by atoms with Gasteiger partial charge in [0.05, 0.1) is 17.6 Å². The molecule has 4 aromatic rings. The van der Waals surface area contributed by atoms with Crippen molar-refractivity contribution >= 4 is 38.7 Å². The van der Waals surface area contributed by atoms with E-state index in [1.165, 1.54) is 4.88 Å². The summed E-state index contributed by atoms with van der Waals surface area (Å²) in [7, 11) is 0. The number of fused-ring (bicyclic) bond motifs is 1. The van der Waals surface area contributed by atoms with Gasteiger partial charge in [-0.2, -0.15) is 0 Å². The molecule has 1 N–H and O–H groups in total. The van der Waals surface area contributed by atoms with Gasteiger partial charge in [-0.05, 0) is 13.0 Å². The van der Waals surface area contributed by atoms with Crippen molar-refractivity contribution < 1.29 is 0 Å². The third-order valence-corrected chi connectivity index (χ3v) is 5.29. The van der Waals surface area contributed by atoms with Crippen LogP contribution in [0.3, 0.4) is 0 Å². The first-order valence-electron chi connectivity index (χ1n) is 7.24. The Bertz CT molecular complexity index is 944. The summed E-state index contributed by atoms with van der Waals surface area (Å²) in [5, 5.41) is 7.60. The maximum atomic E-state index is 4.70. The number of aryl methyl sites for hydroxylation is 1. The molecule has 0 aliphatic carbocycles. The average molecular weight is 338 g/mol. The number of rotatable bonds is 4. The minimum Gasteiger partial charge on any atom is -0.363 e. The lowest BCUT2D eigenvalue weighted by Crippen LogP contribution is -2.01. The first-order valence-corrected chi connectivity index (χ1v) is 8.94. The van der Waals surface area contributed by atoms with E-state index < -0.39 is 0 Å². The number of anilines is 1. The van der Waals surface area contributed by atoms with Crippen LogP contribution < -0.4 is 5.32 Å². The summed E-state index contributed by atoms with van der Waals surface area (Å²) in [4.78, 5) is 15.6. The van der Waals surface area contributed by atoms with Crippen LogP contribution in [0, 0.1) is 6.92 Å². The van der Waals surface area contributed by atoms with Crippen molar-refractivity contribution in [3.8, 4) is 11.3 Å². The maximum absolute atomic E-state index is 4.70. The van der Waals surface area contributed by atoms with Gasteiger partial charge in [-0.25, -0.2) is 15.0 Å². The van der Waals surface area contributed by atoms with Gasteiger partial charge in [-0.3, -0.25) is 0 Å². The minimum absolute atomic E-state index is 0.665. The summed E-state index contributed by atoms with van der Waals surface area (Å²) in [6.45, 7) is 2.75. The summed E-state index contributed by atoms with van der Waals surface area (Å²) in [6.07, 6.45) is 1.61. The molecule has 4 rings (SSSR count). The zero-order chi connectivity index (χ0) is 15.6. The Morgan fingerprint density at radius 3 is 2.87 bits per heavy atom. The Morgan fingerprint density at radius 1 is 1.13 bits per heavy atom. The molecular weight excluding hydrogens is 324 g/mol. The summed E-state index contributed by atoms with van der Waals surface area (Å²) in [5.41, 5.74) is 2.17. The van der Waals surface area contributed by atoms with Gasteiger partial charge >= 0.3 is 0 Å². The van der Waals surface area contributed by atoms with Crippen molar-refractivity contribution in [3.05, 3.63) is 58.0 Å². The van der Waals surface area contributed by atoms with Crippen LogP contribution in [0.4, 0.5) is 5.82 Å². The van der Waals surface area contributed by atoms with E-state index >= 15 is 0 Å². The van der Waals surface area contributed by atoms with E-state index in [0.29, 0.717) is 6.54 Å². The van der Waals surface area contributed by atoms with Gasteiger partial charge in [0, 0.05) is 15.8 Å². The maximum Gasteiger partial charge on any atom is 0.138 e. The Kier molecular flexibility index (Phi) is 3.77. The smallest absolute Gasteiger partial charge is 0.138 e. The molecule has 0 amide bonds. The summed E-state index contributed by atoms with van der Waals surface area (Å²) < 4.78 is 0. The molecule has 0 atom stereocenters. The summed E-state index contributed by atoms with van der Waals surface area (Å²) >= 11 is 3.35. The second-order valence-electron chi connectivity index (χ2n) is 5.14. The second-order valence-corrected chi connectivity index (χ2v) is 7.32. The van der Waals surface area contributed by atoms with Crippen LogP contribution in [0.2, 0.25) is 0 Å². The number of hydrogen-bond acceptors (Lipinski definition) is 6. The molecule has 3 aromatic heterocycles. The number of thiazole rings is 1.